The van der Waals surface area contributed by atoms with E-state index in [2.05, 4.69) is 44.2 Å². The Labute approximate surface area is 170 Å². The molecule has 0 fully saturated rings. The third kappa shape index (κ3) is 5.70. The molecule has 150 valence electrons. The van der Waals surface area contributed by atoms with Gasteiger partial charge in [0.25, 0.3) is 0 Å². The fourth-order valence-corrected chi connectivity index (χ4v) is 4.09. The van der Waals surface area contributed by atoms with Gasteiger partial charge in [0.2, 0.25) is 0 Å². The third-order valence-corrected chi connectivity index (χ3v) is 5.88. The zero-order valence-electron chi connectivity index (χ0n) is 17.5. The number of ether oxygens (including phenoxy) is 1. The number of fused-ring (bicyclic) bond motifs is 1. The highest BCUT2D eigenvalue weighted by Gasteiger charge is 2.15. The minimum Gasteiger partial charge on any atom is -0.427 e. The minimum absolute atomic E-state index is 0.130. The van der Waals surface area contributed by atoms with Crippen LogP contribution < -0.4 is 4.74 Å². The average Bonchev–Trinajstić information content (AvgIpc) is 2.72. The molecule has 0 heterocycles. The lowest BCUT2D eigenvalue weighted by Crippen LogP contribution is -2.07. The highest BCUT2D eigenvalue weighted by atomic mass is 16.5. The van der Waals surface area contributed by atoms with Crippen LogP contribution in [0.3, 0.4) is 0 Å². The lowest BCUT2D eigenvalue weighted by atomic mass is 9.84. The summed E-state index contributed by atoms with van der Waals surface area (Å²) in [5.74, 6) is 1.39. The Hall–Kier alpha value is -2.09. The lowest BCUT2D eigenvalue weighted by Gasteiger charge is -2.22. The van der Waals surface area contributed by atoms with Gasteiger partial charge in [-0.05, 0) is 71.7 Å². The van der Waals surface area contributed by atoms with Crippen LogP contribution in [0.1, 0.15) is 83.6 Å². The summed E-state index contributed by atoms with van der Waals surface area (Å²) in [6.45, 7) is 4.41. The number of hydrogen-bond acceptors (Lipinski definition) is 2. The van der Waals surface area contributed by atoms with E-state index in [1.54, 1.807) is 0 Å². The molecule has 0 bridgehead atoms. The molecule has 2 heteroatoms. The number of carbonyl (C=O) groups excluding carboxylic acids is 1. The number of carbonyl (C=O) groups is 1. The van der Waals surface area contributed by atoms with Gasteiger partial charge in [0.05, 0.1) is 0 Å². The van der Waals surface area contributed by atoms with Crippen molar-refractivity contribution in [2.24, 2.45) is 5.92 Å². The molecule has 0 aliphatic heterocycles. The molecule has 0 saturated heterocycles. The molecular weight excluding hydrogens is 344 g/mol. The minimum atomic E-state index is -0.130. The molecule has 2 aromatic carbocycles. The van der Waals surface area contributed by atoms with Crippen molar-refractivity contribution in [1.82, 2.24) is 0 Å². The van der Waals surface area contributed by atoms with Crippen molar-refractivity contribution in [2.45, 2.75) is 78.1 Å². The van der Waals surface area contributed by atoms with Crippen molar-refractivity contribution in [3.63, 3.8) is 0 Å². The van der Waals surface area contributed by atoms with Gasteiger partial charge in [0.15, 0.2) is 0 Å². The van der Waals surface area contributed by atoms with Gasteiger partial charge in [-0.2, -0.15) is 0 Å². The summed E-state index contributed by atoms with van der Waals surface area (Å²) in [4.78, 5) is 11.9. The van der Waals surface area contributed by atoms with Crippen LogP contribution in [0.15, 0.2) is 42.5 Å². The fraction of sp³-hybridized carbons (Fsp3) is 0.500. The summed E-state index contributed by atoms with van der Waals surface area (Å²) in [6.07, 6.45) is 13.8. The SMILES string of the molecule is CCCCCC(=O)Oc1ccc2cc(C3=CCC(CCCC)CC3)ccc2c1. The Bertz CT molecular complexity index is 818. The third-order valence-electron chi connectivity index (χ3n) is 5.88. The second-order valence-corrected chi connectivity index (χ2v) is 8.17. The predicted octanol–water partition coefficient (Wildman–Crippen LogP) is 7.70. The summed E-state index contributed by atoms with van der Waals surface area (Å²) < 4.78 is 5.51. The molecule has 1 unspecified atom stereocenters. The molecule has 0 N–H and O–H groups in total. The first kappa shape index (κ1) is 20.6. The molecule has 28 heavy (non-hydrogen) atoms. The standard InChI is InChI=1S/C26H34O2/c1-3-5-7-9-26(27)28-25-17-16-23-18-22(14-15-24(23)19-25)21-12-10-20(11-13-21)8-6-4-2/h12,14-20H,3-11,13H2,1-2H3. The van der Waals surface area contributed by atoms with Gasteiger partial charge >= 0.3 is 5.97 Å². The Morgan fingerprint density at radius 1 is 1.00 bits per heavy atom. The van der Waals surface area contributed by atoms with Crippen molar-refractivity contribution in [3.8, 4) is 5.75 Å². The van der Waals surface area contributed by atoms with Crippen LogP contribution in [0.25, 0.3) is 16.3 Å². The summed E-state index contributed by atoms with van der Waals surface area (Å²) in [5, 5.41) is 2.33. The Balaban J connectivity index is 1.65. The molecule has 2 aromatic rings. The number of unbranched alkanes of at least 4 members (excludes halogenated alkanes) is 3. The Kier molecular flexibility index (Phi) is 7.71. The molecule has 1 aliphatic carbocycles. The highest BCUT2D eigenvalue weighted by molar-refractivity contribution is 5.88. The maximum absolute atomic E-state index is 11.9. The largest absolute Gasteiger partial charge is 0.427 e. The second-order valence-electron chi connectivity index (χ2n) is 8.17. The molecule has 0 saturated carbocycles. The lowest BCUT2D eigenvalue weighted by molar-refractivity contribution is -0.134. The molecule has 0 aromatic heterocycles. The number of esters is 1. The maximum Gasteiger partial charge on any atom is 0.311 e. The van der Waals surface area contributed by atoms with Gasteiger partial charge in [-0.3, -0.25) is 4.79 Å². The molecule has 0 radical (unpaired) electrons. The van der Waals surface area contributed by atoms with Gasteiger partial charge in [-0.1, -0.05) is 70.2 Å². The van der Waals surface area contributed by atoms with Gasteiger partial charge in [-0.15, -0.1) is 0 Å². The van der Waals surface area contributed by atoms with Crippen LogP contribution in [0.5, 0.6) is 5.75 Å². The number of hydrogen-bond donors (Lipinski definition) is 0. The van der Waals surface area contributed by atoms with E-state index in [0.717, 1.165) is 30.6 Å². The topological polar surface area (TPSA) is 26.3 Å². The highest BCUT2D eigenvalue weighted by Crippen LogP contribution is 2.34. The molecule has 0 spiro atoms. The number of rotatable bonds is 9. The number of benzene rings is 2. The average molecular weight is 379 g/mol. The zero-order chi connectivity index (χ0) is 19.8. The molecule has 1 aliphatic rings. The maximum atomic E-state index is 11.9. The molecular formula is C26H34O2. The first-order valence-electron chi connectivity index (χ1n) is 11.1. The van der Waals surface area contributed by atoms with E-state index < -0.39 is 0 Å². The van der Waals surface area contributed by atoms with Crippen molar-refractivity contribution >= 4 is 22.3 Å². The summed E-state index contributed by atoms with van der Waals surface area (Å²) in [7, 11) is 0. The van der Waals surface area contributed by atoms with E-state index in [4.69, 9.17) is 4.74 Å². The first-order valence-corrected chi connectivity index (χ1v) is 11.1. The second kappa shape index (κ2) is 10.5. The number of allylic oxidation sites excluding steroid dienone is 2. The predicted molar refractivity (Wildman–Crippen MR) is 119 cm³/mol. The Morgan fingerprint density at radius 3 is 2.54 bits per heavy atom. The quantitative estimate of drug-likeness (QED) is 0.254. The normalized spacial score (nSPS) is 16.8. The van der Waals surface area contributed by atoms with Crippen LogP contribution in [0, 0.1) is 5.92 Å². The van der Waals surface area contributed by atoms with E-state index in [9.17, 15) is 4.79 Å². The van der Waals surface area contributed by atoms with Gasteiger partial charge < -0.3 is 4.74 Å². The van der Waals surface area contributed by atoms with Gasteiger partial charge in [-0.25, -0.2) is 0 Å². The fourth-order valence-electron chi connectivity index (χ4n) is 4.09. The monoisotopic (exact) mass is 378 g/mol. The Morgan fingerprint density at radius 2 is 1.79 bits per heavy atom. The van der Waals surface area contributed by atoms with Crippen molar-refractivity contribution in [1.29, 1.82) is 0 Å². The van der Waals surface area contributed by atoms with E-state index in [-0.39, 0.29) is 5.97 Å². The van der Waals surface area contributed by atoms with Crippen molar-refractivity contribution < 1.29 is 9.53 Å². The summed E-state index contributed by atoms with van der Waals surface area (Å²) in [6, 6.07) is 12.6. The van der Waals surface area contributed by atoms with E-state index in [1.165, 1.54) is 55.0 Å². The molecule has 3 rings (SSSR count). The molecule has 1 atom stereocenters. The first-order chi connectivity index (χ1) is 13.7. The van der Waals surface area contributed by atoms with Crippen molar-refractivity contribution in [3.05, 3.63) is 48.0 Å². The van der Waals surface area contributed by atoms with Crippen LogP contribution in [-0.2, 0) is 4.79 Å². The van der Waals surface area contributed by atoms with Crippen LogP contribution in [-0.4, -0.2) is 5.97 Å². The van der Waals surface area contributed by atoms with E-state index in [0.29, 0.717) is 12.2 Å². The van der Waals surface area contributed by atoms with Crippen LogP contribution in [0.4, 0.5) is 0 Å². The van der Waals surface area contributed by atoms with Crippen LogP contribution in [0.2, 0.25) is 0 Å². The van der Waals surface area contributed by atoms with Gasteiger partial charge in [0.1, 0.15) is 5.75 Å². The van der Waals surface area contributed by atoms with E-state index >= 15 is 0 Å². The smallest absolute Gasteiger partial charge is 0.311 e. The molecule has 0 amide bonds. The van der Waals surface area contributed by atoms with Gasteiger partial charge in [0, 0.05) is 6.42 Å². The summed E-state index contributed by atoms with van der Waals surface area (Å²) >= 11 is 0. The zero-order valence-corrected chi connectivity index (χ0v) is 17.5. The van der Waals surface area contributed by atoms with Crippen LogP contribution >= 0.6 is 0 Å². The summed E-state index contributed by atoms with van der Waals surface area (Å²) in [5.41, 5.74) is 2.83. The molecule has 2 nitrogen and oxygen atoms in total. The van der Waals surface area contributed by atoms with E-state index in [1.807, 2.05) is 12.1 Å². The van der Waals surface area contributed by atoms with Crippen molar-refractivity contribution in [2.75, 3.05) is 0 Å².